The number of aliphatic hydroxyl groups is 2. The molecule has 0 aromatic heterocycles. The Morgan fingerprint density at radius 3 is 2.67 bits per heavy atom. The van der Waals surface area contributed by atoms with Gasteiger partial charge < -0.3 is 30.3 Å². The molecule has 0 radical (unpaired) electrons. The van der Waals surface area contributed by atoms with Crippen LogP contribution in [0.5, 0.6) is 5.75 Å². The number of fused-ring (bicyclic) bond motifs is 1. The van der Waals surface area contributed by atoms with Gasteiger partial charge in [-0.05, 0) is 25.0 Å². The fraction of sp³-hybridized carbons (Fsp3) is 0.333. The highest BCUT2D eigenvalue weighted by Gasteiger charge is 2.40. The molecule has 1 amide bonds. The molecule has 1 heterocycles. The van der Waals surface area contributed by atoms with Gasteiger partial charge in [0.05, 0.1) is 11.5 Å². The molecule has 1 aromatic carbocycles. The summed E-state index contributed by atoms with van der Waals surface area (Å²) in [5.41, 5.74) is 0.397. The summed E-state index contributed by atoms with van der Waals surface area (Å²) in [5, 5.41) is 39.4. The highest BCUT2D eigenvalue weighted by atomic mass is 16.5. The SMILES string of the molecule is CC(O)(O)C(=O)NC1Cc2cccc(C(=O)O)c2OB1O. The lowest BCUT2D eigenvalue weighted by atomic mass is 9.72. The van der Waals surface area contributed by atoms with Crippen LogP contribution in [-0.4, -0.2) is 51.1 Å². The van der Waals surface area contributed by atoms with Crippen molar-refractivity contribution in [1.82, 2.24) is 5.32 Å². The number of rotatable bonds is 3. The van der Waals surface area contributed by atoms with E-state index in [0.717, 1.165) is 6.92 Å². The highest BCUT2D eigenvalue weighted by Crippen LogP contribution is 2.30. The second kappa shape index (κ2) is 5.36. The Balaban J connectivity index is 2.24. The van der Waals surface area contributed by atoms with Gasteiger partial charge in [0, 0.05) is 0 Å². The van der Waals surface area contributed by atoms with E-state index in [1.165, 1.54) is 12.1 Å². The third-order valence-electron chi connectivity index (χ3n) is 3.10. The summed E-state index contributed by atoms with van der Waals surface area (Å²) < 4.78 is 5.15. The zero-order valence-electron chi connectivity index (χ0n) is 11.1. The lowest BCUT2D eigenvalue weighted by Gasteiger charge is -2.30. The van der Waals surface area contributed by atoms with Crippen LogP contribution in [0.25, 0.3) is 0 Å². The van der Waals surface area contributed by atoms with Gasteiger partial charge >= 0.3 is 13.1 Å². The minimum Gasteiger partial charge on any atom is -0.534 e. The third kappa shape index (κ3) is 3.15. The molecule has 0 bridgehead atoms. The summed E-state index contributed by atoms with van der Waals surface area (Å²) in [6.07, 6.45) is 0.0967. The molecule has 1 aromatic rings. The van der Waals surface area contributed by atoms with Gasteiger partial charge in [0.1, 0.15) is 5.75 Å². The summed E-state index contributed by atoms with van der Waals surface area (Å²) in [6, 6.07) is 4.46. The van der Waals surface area contributed by atoms with Gasteiger partial charge in [-0.1, -0.05) is 12.1 Å². The predicted octanol–water partition coefficient (Wildman–Crippen LogP) is -1.47. The summed E-state index contributed by atoms with van der Waals surface area (Å²) in [4.78, 5) is 22.6. The van der Waals surface area contributed by atoms with Crippen molar-refractivity contribution in [2.24, 2.45) is 0 Å². The standard InChI is InChI=1S/C12H14BNO7/c1-12(18,19)11(17)14-8-5-6-3-2-4-7(10(15)16)9(6)21-13(8)20/h2-4,8,18-20H,5H2,1H3,(H,14,17)(H,15,16). The van der Waals surface area contributed by atoms with E-state index in [4.69, 9.17) is 20.0 Å². The number of hydrogen-bond acceptors (Lipinski definition) is 6. The van der Waals surface area contributed by atoms with Gasteiger partial charge in [-0.2, -0.15) is 0 Å². The molecule has 0 saturated carbocycles. The molecule has 0 saturated heterocycles. The first-order chi connectivity index (χ1) is 9.70. The summed E-state index contributed by atoms with van der Waals surface area (Å²) in [5.74, 6) is -5.75. The van der Waals surface area contributed by atoms with E-state index >= 15 is 0 Å². The van der Waals surface area contributed by atoms with E-state index in [-0.39, 0.29) is 17.7 Å². The van der Waals surface area contributed by atoms with Crippen LogP contribution in [-0.2, 0) is 11.2 Å². The number of hydrogen-bond donors (Lipinski definition) is 5. The van der Waals surface area contributed by atoms with Crippen LogP contribution in [0.1, 0.15) is 22.8 Å². The first-order valence-corrected chi connectivity index (χ1v) is 6.15. The molecular formula is C12H14BNO7. The maximum Gasteiger partial charge on any atom is 0.547 e. The van der Waals surface area contributed by atoms with E-state index < -0.39 is 30.7 Å². The Labute approximate surface area is 120 Å². The minimum absolute atomic E-state index is 0.0405. The predicted molar refractivity (Wildman–Crippen MR) is 70.5 cm³/mol. The molecule has 0 spiro atoms. The first kappa shape index (κ1) is 15.3. The maximum absolute atomic E-state index is 11.5. The van der Waals surface area contributed by atoms with Crippen molar-refractivity contribution in [3.63, 3.8) is 0 Å². The quantitative estimate of drug-likeness (QED) is 0.339. The summed E-state index contributed by atoms with van der Waals surface area (Å²) in [6.45, 7) is 0.884. The fourth-order valence-corrected chi connectivity index (χ4v) is 2.02. The Morgan fingerprint density at radius 2 is 2.10 bits per heavy atom. The Bertz CT molecular complexity index is 583. The van der Waals surface area contributed by atoms with Crippen LogP contribution in [0.15, 0.2) is 18.2 Å². The zero-order valence-corrected chi connectivity index (χ0v) is 11.1. The Hall–Kier alpha value is -2.10. The van der Waals surface area contributed by atoms with Crippen molar-refractivity contribution in [3.05, 3.63) is 29.3 Å². The highest BCUT2D eigenvalue weighted by molar-refractivity contribution is 6.47. The van der Waals surface area contributed by atoms with Crippen LogP contribution in [0.2, 0.25) is 0 Å². The average molecular weight is 295 g/mol. The largest absolute Gasteiger partial charge is 0.547 e. The molecule has 5 N–H and O–H groups in total. The van der Waals surface area contributed by atoms with Crippen LogP contribution in [0.3, 0.4) is 0 Å². The smallest absolute Gasteiger partial charge is 0.534 e. The molecule has 9 heteroatoms. The van der Waals surface area contributed by atoms with E-state index in [2.05, 4.69) is 5.32 Å². The first-order valence-electron chi connectivity index (χ1n) is 6.15. The number of carboxylic acid groups (broad SMARTS) is 1. The van der Waals surface area contributed by atoms with E-state index in [1.807, 2.05) is 0 Å². The van der Waals surface area contributed by atoms with Crippen molar-refractivity contribution in [2.75, 3.05) is 0 Å². The molecule has 2 rings (SSSR count). The molecule has 1 aliphatic heterocycles. The monoisotopic (exact) mass is 295 g/mol. The number of carbonyl (C=O) groups excluding carboxylic acids is 1. The Morgan fingerprint density at radius 1 is 1.43 bits per heavy atom. The van der Waals surface area contributed by atoms with Gasteiger partial charge in [-0.15, -0.1) is 0 Å². The second-order valence-corrected chi connectivity index (χ2v) is 4.91. The molecule has 8 nitrogen and oxygen atoms in total. The van der Waals surface area contributed by atoms with Gasteiger partial charge in [-0.25, -0.2) is 4.79 Å². The van der Waals surface area contributed by atoms with Crippen LogP contribution in [0, 0.1) is 0 Å². The molecule has 21 heavy (non-hydrogen) atoms. The molecule has 112 valence electrons. The van der Waals surface area contributed by atoms with Crippen molar-refractivity contribution in [2.45, 2.75) is 25.1 Å². The van der Waals surface area contributed by atoms with Crippen molar-refractivity contribution in [1.29, 1.82) is 0 Å². The average Bonchev–Trinajstić information content (AvgIpc) is 2.37. The maximum atomic E-state index is 11.5. The van der Waals surface area contributed by atoms with Gasteiger partial charge in [0.15, 0.2) is 0 Å². The van der Waals surface area contributed by atoms with Crippen molar-refractivity contribution in [3.8, 4) is 5.75 Å². The molecule has 1 aliphatic rings. The number of nitrogens with one attached hydrogen (secondary N) is 1. The lowest BCUT2D eigenvalue weighted by Crippen LogP contribution is -2.57. The zero-order chi connectivity index (χ0) is 15.8. The van der Waals surface area contributed by atoms with Crippen molar-refractivity contribution < 1.29 is 34.6 Å². The summed E-state index contributed by atoms with van der Waals surface area (Å²) in [7, 11) is -1.50. The second-order valence-electron chi connectivity index (χ2n) is 4.91. The number of carboxylic acids is 1. The summed E-state index contributed by atoms with van der Waals surface area (Å²) >= 11 is 0. The number of benzene rings is 1. The number of aromatic carboxylic acids is 1. The van der Waals surface area contributed by atoms with Gasteiger partial charge in [0.25, 0.3) is 5.91 Å². The van der Waals surface area contributed by atoms with E-state index in [1.54, 1.807) is 6.07 Å². The fourth-order valence-electron chi connectivity index (χ4n) is 2.02. The molecule has 0 aliphatic carbocycles. The van der Waals surface area contributed by atoms with E-state index in [0.29, 0.717) is 5.56 Å². The van der Waals surface area contributed by atoms with Crippen LogP contribution < -0.4 is 9.97 Å². The lowest BCUT2D eigenvalue weighted by molar-refractivity contribution is -0.178. The van der Waals surface area contributed by atoms with Crippen molar-refractivity contribution >= 4 is 19.0 Å². The number of carbonyl (C=O) groups is 2. The van der Waals surface area contributed by atoms with E-state index in [9.17, 15) is 14.6 Å². The molecule has 1 atom stereocenters. The minimum atomic E-state index is -2.58. The van der Waals surface area contributed by atoms with Gasteiger partial charge in [0.2, 0.25) is 5.79 Å². The number of para-hydroxylation sites is 1. The molecule has 0 fully saturated rings. The van der Waals surface area contributed by atoms with Crippen LogP contribution in [0.4, 0.5) is 0 Å². The van der Waals surface area contributed by atoms with Gasteiger partial charge in [-0.3, -0.25) is 4.79 Å². The third-order valence-corrected chi connectivity index (χ3v) is 3.10. The topological polar surface area (TPSA) is 136 Å². The number of amides is 1. The molecular weight excluding hydrogens is 281 g/mol. The normalized spacial score (nSPS) is 17.7. The van der Waals surface area contributed by atoms with Crippen LogP contribution >= 0.6 is 0 Å². The molecule has 1 unspecified atom stereocenters. The Kier molecular flexibility index (Phi) is 3.90.